The van der Waals surface area contributed by atoms with E-state index in [1.165, 1.54) is 35.6 Å². The smallest absolute Gasteiger partial charge is 0.255 e. The van der Waals surface area contributed by atoms with Gasteiger partial charge in [-0.15, -0.1) is 11.3 Å². The summed E-state index contributed by atoms with van der Waals surface area (Å²) in [6.07, 6.45) is 3.64. The quantitative estimate of drug-likeness (QED) is 0.406. The highest BCUT2D eigenvalue weighted by atomic mass is 32.1. The summed E-state index contributed by atoms with van der Waals surface area (Å²) in [6, 6.07) is 16.1. The molecule has 2 heterocycles. The molecule has 4 rings (SSSR count). The molecule has 0 saturated carbocycles. The highest BCUT2D eigenvalue weighted by Crippen LogP contribution is 2.23. The van der Waals surface area contributed by atoms with E-state index >= 15 is 0 Å². The molecule has 166 valence electrons. The molecule has 0 aliphatic heterocycles. The predicted molar refractivity (Wildman–Crippen MR) is 126 cm³/mol. The Hall–Kier alpha value is -3.91. The van der Waals surface area contributed by atoms with Gasteiger partial charge in [-0.3, -0.25) is 14.6 Å². The molecule has 0 aliphatic carbocycles. The summed E-state index contributed by atoms with van der Waals surface area (Å²) in [5.41, 5.74) is 3.51. The minimum Gasteiger partial charge on any atom is -0.349 e. The fraction of sp³-hybridized carbons (Fsp3) is 0.120. The maximum absolute atomic E-state index is 13.0. The number of thiazole rings is 1. The molecule has 1 atom stereocenters. The fourth-order valence-corrected chi connectivity index (χ4v) is 4.02. The van der Waals surface area contributed by atoms with E-state index < -0.39 is 5.82 Å². The van der Waals surface area contributed by atoms with Crippen LogP contribution in [-0.2, 0) is 11.2 Å². The fourth-order valence-electron chi connectivity index (χ4n) is 3.21. The van der Waals surface area contributed by atoms with Crippen LogP contribution in [0.2, 0.25) is 0 Å². The van der Waals surface area contributed by atoms with Gasteiger partial charge < -0.3 is 10.6 Å². The van der Waals surface area contributed by atoms with Gasteiger partial charge in [0.25, 0.3) is 5.91 Å². The molecule has 2 N–H and O–H groups in total. The van der Waals surface area contributed by atoms with E-state index in [0.717, 1.165) is 16.1 Å². The molecule has 0 bridgehead atoms. The normalized spacial score (nSPS) is 11.6. The number of carbonyl (C=O) groups is 2. The summed E-state index contributed by atoms with van der Waals surface area (Å²) in [5.74, 6) is -0.840. The first kappa shape index (κ1) is 22.3. The van der Waals surface area contributed by atoms with Crippen LogP contribution in [0.25, 0.3) is 10.6 Å². The highest BCUT2D eigenvalue weighted by Gasteiger charge is 2.13. The zero-order valence-corrected chi connectivity index (χ0v) is 18.6. The molecule has 2 aromatic heterocycles. The molecule has 0 saturated heterocycles. The van der Waals surface area contributed by atoms with Crippen molar-refractivity contribution in [3.63, 3.8) is 0 Å². The van der Waals surface area contributed by atoms with Crippen LogP contribution in [0.5, 0.6) is 0 Å². The van der Waals surface area contributed by atoms with Gasteiger partial charge in [0.1, 0.15) is 10.8 Å². The van der Waals surface area contributed by atoms with E-state index in [1.807, 2.05) is 36.6 Å². The van der Waals surface area contributed by atoms with Crippen molar-refractivity contribution in [1.82, 2.24) is 15.3 Å². The molecule has 0 radical (unpaired) electrons. The van der Waals surface area contributed by atoms with Gasteiger partial charge in [0, 0.05) is 34.6 Å². The highest BCUT2D eigenvalue weighted by molar-refractivity contribution is 7.13. The molecule has 0 aliphatic rings. The third-order valence-corrected chi connectivity index (χ3v) is 5.89. The average molecular weight is 461 g/mol. The number of anilines is 1. The average Bonchev–Trinajstić information content (AvgIpc) is 3.28. The van der Waals surface area contributed by atoms with Crippen molar-refractivity contribution >= 4 is 28.8 Å². The molecule has 33 heavy (non-hydrogen) atoms. The Morgan fingerprint density at radius 3 is 2.52 bits per heavy atom. The van der Waals surface area contributed by atoms with Gasteiger partial charge in [0.05, 0.1) is 18.2 Å². The van der Waals surface area contributed by atoms with Gasteiger partial charge in [-0.25, -0.2) is 9.37 Å². The summed E-state index contributed by atoms with van der Waals surface area (Å²) in [7, 11) is 0. The number of benzene rings is 2. The van der Waals surface area contributed by atoms with E-state index in [4.69, 9.17) is 0 Å². The maximum atomic E-state index is 13.0. The molecule has 1 unspecified atom stereocenters. The van der Waals surface area contributed by atoms with Gasteiger partial charge in [0.2, 0.25) is 5.91 Å². The van der Waals surface area contributed by atoms with Gasteiger partial charge >= 0.3 is 0 Å². The first-order valence-corrected chi connectivity index (χ1v) is 11.2. The predicted octanol–water partition coefficient (Wildman–Crippen LogP) is 5.02. The monoisotopic (exact) mass is 460 g/mol. The van der Waals surface area contributed by atoms with Crippen molar-refractivity contribution in [1.29, 1.82) is 0 Å². The van der Waals surface area contributed by atoms with Crippen LogP contribution in [0.15, 0.2) is 78.4 Å². The zero-order chi connectivity index (χ0) is 23.2. The number of hydrogen-bond donors (Lipinski definition) is 2. The molecule has 2 aromatic carbocycles. The second kappa shape index (κ2) is 10.1. The molecular formula is C25H21FN4O2S. The molecule has 6 nitrogen and oxygen atoms in total. The molecular weight excluding hydrogens is 439 g/mol. The van der Waals surface area contributed by atoms with Crippen molar-refractivity contribution in [3.8, 4) is 10.6 Å². The zero-order valence-electron chi connectivity index (χ0n) is 17.8. The first-order chi connectivity index (χ1) is 16.0. The van der Waals surface area contributed by atoms with Crippen molar-refractivity contribution in [3.05, 3.63) is 101 Å². The Morgan fingerprint density at radius 1 is 1.06 bits per heavy atom. The molecule has 0 fully saturated rings. The van der Waals surface area contributed by atoms with Crippen LogP contribution in [-0.4, -0.2) is 21.8 Å². The molecule has 8 heteroatoms. The third-order valence-electron chi connectivity index (χ3n) is 4.95. The first-order valence-electron chi connectivity index (χ1n) is 10.3. The van der Waals surface area contributed by atoms with Gasteiger partial charge in [-0.1, -0.05) is 12.1 Å². The van der Waals surface area contributed by atoms with E-state index in [0.29, 0.717) is 16.9 Å². The summed E-state index contributed by atoms with van der Waals surface area (Å²) >= 11 is 1.48. The second-order valence-electron chi connectivity index (χ2n) is 7.43. The van der Waals surface area contributed by atoms with Crippen LogP contribution >= 0.6 is 11.3 Å². The number of carbonyl (C=O) groups excluding carboxylic acids is 2. The van der Waals surface area contributed by atoms with Crippen LogP contribution in [0.3, 0.4) is 0 Å². The topological polar surface area (TPSA) is 84.0 Å². The minimum absolute atomic E-state index is 0.126. The van der Waals surface area contributed by atoms with Crippen LogP contribution in [0.1, 0.15) is 34.6 Å². The Balaban J connectivity index is 1.31. The Kier molecular flexibility index (Phi) is 6.85. The Bertz CT molecular complexity index is 1240. The van der Waals surface area contributed by atoms with Gasteiger partial charge in [0.15, 0.2) is 0 Å². The van der Waals surface area contributed by atoms with Crippen LogP contribution in [0.4, 0.5) is 10.1 Å². The minimum atomic E-state index is -0.393. The van der Waals surface area contributed by atoms with Crippen LogP contribution in [0, 0.1) is 5.82 Å². The van der Waals surface area contributed by atoms with Crippen molar-refractivity contribution in [2.75, 3.05) is 5.32 Å². The number of hydrogen-bond acceptors (Lipinski definition) is 5. The standard InChI is InChI=1S/C25H21FN4O2S/c1-16(28-23(31)13-22-15-33-25(30-22)19-3-2-12-27-14-19)17-6-10-21(11-7-17)29-24(32)18-4-8-20(26)9-5-18/h2-12,14-16H,13H2,1H3,(H,28,31)(H,29,32). The van der Waals surface area contributed by atoms with Crippen LogP contribution < -0.4 is 10.6 Å². The van der Waals surface area contributed by atoms with E-state index in [1.54, 1.807) is 24.5 Å². The lowest BCUT2D eigenvalue weighted by Gasteiger charge is -2.15. The van der Waals surface area contributed by atoms with Gasteiger partial charge in [-0.2, -0.15) is 0 Å². The number of halogens is 1. The lowest BCUT2D eigenvalue weighted by molar-refractivity contribution is -0.121. The Labute approximate surface area is 194 Å². The summed E-state index contributed by atoms with van der Waals surface area (Å²) < 4.78 is 13.0. The summed E-state index contributed by atoms with van der Waals surface area (Å²) in [4.78, 5) is 33.4. The number of amides is 2. The van der Waals surface area contributed by atoms with E-state index in [2.05, 4.69) is 20.6 Å². The van der Waals surface area contributed by atoms with E-state index in [-0.39, 0.29) is 24.3 Å². The van der Waals surface area contributed by atoms with Crippen molar-refractivity contribution in [2.24, 2.45) is 0 Å². The van der Waals surface area contributed by atoms with E-state index in [9.17, 15) is 14.0 Å². The summed E-state index contributed by atoms with van der Waals surface area (Å²) in [5, 5.41) is 8.46. The lowest BCUT2D eigenvalue weighted by Crippen LogP contribution is -2.28. The number of rotatable bonds is 7. The summed E-state index contributed by atoms with van der Waals surface area (Å²) in [6.45, 7) is 1.89. The van der Waals surface area contributed by atoms with Gasteiger partial charge in [-0.05, 0) is 61.0 Å². The van der Waals surface area contributed by atoms with Crippen molar-refractivity contribution < 1.29 is 14.0 Å². The largest absolute Gasteiger partial charge is 0.349 e. The number of aromatic nitrogens is 2. The third kappa shape index (κ3) is 5.87. The molecule has 4 aromatic rings. The number of pyridine rings is 1. The molecule has 0 spiro atoms. The lowest BCUT2D eigenvalue weighted by atomic mass is 10.1. The second-order valence-corrected chi connectivity index (χ2v) is 8.29. The maximum Gasteiger partial charge on any atom is 0.255 e. The Morgan fingerprint density at radius 2 is 1.82 bits per heavy atom. The SMILES string of the molecule is CC(NC(=O)Cc1csc(-c2cccnc2)n1)c1ccc(NC(=O)c2ccc(F)cc2)cc1. The number of nitrogens with zero attached hydrogens (tertiary/aromatic N) is 2. The number of nitrogens with one attached hydrogen (secondary N) is 2. The van der Waals surface area contributed by atoms with Crippen molar-refractivity contribution in [2.45, 2.75) is 19.4 Å². The molecule has 2 amide bonds.